The average Bonchev–Trinajstić information content (AvgIpc) is 2.89. The van der Waals surface area contributed by atoms with Crippen molar-refractivity contribution in [2.75, 3.05) is 6.54 Å². The molecular weight excluding hydrogens is 232 g/mol. The van der Waals surface area contributed by atoms with Crippen LogP contribution in [0.1, 0.15) is 13.3 Å². The molecule has 0 bridgehead atoms. The lowest BCUT2D eigenvalue weighted by atomic mass is 10.0. The van der Waals surface area contributed by atoms with Gasteiger partial charge in [-0.25, -0.2) is 0 Å². The van der Waals surface area contributed by atoms with E-state index >= 15 is 0 Å². The van der Waals surface area contributed by atoms with Crippen molar-refractivity contribution in [3.05, 3.63) is 35.6 Å². The number of hydrogen-bond acceptors (Lipinski definition) is 3. The van der Waals surface area contributed by atoms with Crippen LogP contribution in [0.4, 0.5) is 0 Å². The molecule has 2 rings (SSSR count). The number of carbonyl (C=O) groups is 2. The highest BCUT2D eigenvalue weighted by molar-refractivity contribution is 6.04. The summed E-state index contributed by atoms with van der Waals surface area (Å²) in [6.45, 7) is 6.14. The summed E-state index contributed by atoms with van der Waals surface area (Å²) >= 11 is 0. The van der Waals surface area contributed by atoms with Crippen molar-refractivity contribution in [2.24, 2.45) is 5.92 Å². The molecule has 96 valence electrons. The van der Waals surface area contributed by atoms with Gasteiger partial charge in [0.15, 0.2) is 0 Å². The van der Waals surface area contributed by atoms with Crippen molar-refractivity contribution in [2.45, 2.75) is 19.4 Å². The van der Waals surface area contributed by atoms with Gasteiger partial charge in [-0.1, -0.05) is 18.7 Å². The average molecular weight is 248 g/mol. The SMILES string of the molecule is C=C1/C(=C/C2CC(C(=O)O)CN2)C(=O)N/C1=C/C. The molecule has 0 aromatic heterocycles. The number of rotatable bonds is 2. The van der Waals surface area contributed by atoms with Crippen molar-refractivity contribution in [1.82, 2.24) is 10.6 Å². The summed E-state index contributed by atoms with van der Waals surface area (Å²) in [6, 6.07) is -0.0835. The van der Waals surface area contributed by atoms with E-state index in [1.807, 2.05) is 6.92 Å². The van der Waals surface area contributed by atoms with E-state index in [4.69, 9.17) is 5.11 Å². The van der Waals surface area contributed by atoms with Crippen molar-refractivity contribution in [3.8, 4) is 0 Å². The Balaban J connectivity index is 2.13. The third kappa shape index (κ3) is 2.22. The van der Waals surface area contributed by atoms with Gasteiger partial charge in [-0.3, -0.25) is 9.59 Å². The smallest absolute Gasteiger partial charge is 0.307 e. The van der Waals surface area contributed by atoms with Crippen LogP contribution >= 0.6 is 0 Å². The van der Waals surface area contributed by atoms with E-state index in [2.05, 4.69) is 17.2 Å². The lowest BCUT2D eigenvalue weighted by molar-refractivity contribution is -0.141. The molecule has 2 heterocycles. The normalized spacial score (nSPS) is 32.3. The molecule has 0 saturated carbocycles. The Morgan fingerprint density at radius 2 is 2.28 bits per heavy atom. The molecular formula is C13H16N2O3. The van der Waals surface area contributed by atoms with Gasteiger partial charge in [0.05, 0.1) is 5.92 Å². The highest BCUT2D eigenvalue weighted by atomic mass is 16.4. The fourth-order valence-electron chi connectivity index (χ4n) is 2.25. The second-order valence-electron chi connectivity index (χ2n) is 4.50. The molecule has 2 aliphatic heterocycles. The van der Waals surface area contributed by atoms with Gasteiger partial charge in [-0.05, 0) is 13.3 Å². The Kier molecular flexibility index (Phi) is 3.34. The fraction of sp³-hybridized carbons (Fsp3) is 0.385. The summed E-state index contributed by atoms with van der Waals surface area (Å²) in [7, 11) is 0. The Morgan fingerprint density at radius 3 is 2.78 bits per heavy atom. The van der Waals surface area contributed by atoms with Crippen molar-refractivity contribution >= 4 is 11.9 Å². The summed E-state index contributed by atoms with van der Waals surface area (Å²) in [5.41, 5.74) is 1.92. The molecule has 2 fully saturated rings. The minimum absolute atomic E-state index is 0.0835. The number of carbonyl (C=O) groups excluding carboxylic acids is 1. The molecule has 0 aliphatic carbocycles. The van der Waals surface area contributed by atoms with E-state index in [0.29, 0.717) is 24.1 Å². The zero-order valence-electron chi connectivity index (χ0n) is 10.2. The summed E-state index contributed by atoms with van der Waals surface area (Å²) in [4.78, 5) is 22.6. The molecule has 2 atom stereocenters. The minimum Gasteiger partial charge on any atom is -0.481 e. The Morgan fingerprint density at radius 1 is 1.56 bits per heavy atom. The predicted molar refractivity (Wildman–Crippen MR) is 66.7 cm³/mol. The number of carboxylic acids is 1. The monoisotopic (exact) mass is 248 g/mol. The standard InChI is InChI=1S/C13H16N2O3/c1-3-11-7(2)10(12(16)15-11)5-9-4-8(6-14-9)13(17)18/h3,5,8-9,14H,2,4,6H2,1H3,(H,15,16)(H,17,18)/b10-5-,11-3+. The maximum absolute atomic E-state index is 11.7. The fourth-order valence-corrected chi connectivity index (χ4v) is 2.25. The molecule has 18 heavy (non-hydrogen) atoms. The molecule has 2 aliphatic rings. The topological polar surface area (TPSA) is 78.4 Å². The summed E-state index contributed by atoms with van der Waals surface area (Å²) < 4.78 is 0. The molecule has 0 radical (unpaired) electrons. The van der Waals surface area contributed by atoms with Crippen molar-refractivity contribution < 1.29 is 14.7 Å². The molecule has 2 saturated heterocycles. The first-order chi connectivity index (χ1) is 8.52. The van der Waals surface area contributed by atoms with Gasteiger partial charge in [0.1, 0.15) is 0 Å². The van der Waals surface area contributed by atoms with Crippen LogP contribution in [-0.4, -0.2) is 29.6 Å². The van der Waals surface area contributed by atoms with Crippen molar-refractivity contribution in [3.63, 3.8) is 0 Å². The van der Waals surface area contributed by atoms with Crippen LogP contribution < -0.4 is 10.6 Å². The van der Waals surface area contributed by atoms with Gasteiger partial charge >= 0.3 is 5.97 Å². The Hall–Kier alpha value is -1.88. The van der Waals surface area contributed by atoms with Gasteiger partial charge in [-0.15, -0.1) is 0 Å². The summed E-state index contributed by atoms with van der Waals surface area (Å²) in [5, 5.41) is 14.7. The maximum atomic E-state index is 11.7. The third-order valence-electron chi connectivity index (χ3n) is 3.31. The van der Waals surface area contributed by atoms with E-state index < -0.39 is 5.97 Å². The highest BCUT2D eigenvalue weighted by Gasteiger charge is 2.31. The molecule has 5 nitrogen and oxygen atoms in total. The first-order valence-corrected chi connectivity index (χ1v) is 5.88. The van der Waals surface area contributed by atoms with E-state index in [0.717, 1.165) is 5.70 Å². The second-order valence-corrected chi connectivity index (χ2v) is 4.50. The van der Waals surface area contributed by atoms with E-state index in [1.54, 1.807) is 12.2 Å². The number of amides is 1. The van der Waals surface area contributed by atoms with E-state index in [9.17, 15) is 9.59 Å². The molecule has 5 heteroatoms. The quantitative estimate of drug-likeness (QED) is 0.624. The molecule has 1 amide bonds. The highest BCUT2D eigenvalue weighted by Crippen LogP contribution is 2.25. The zero-order chi connectivity index (χ0) is 13.3. The van der Waals surface area contributed by atoms with Crippen LogP contribution in [0.5, 0.6) is 0 Å². The Bertz CT molecular complexity index is 477. The Labute approximate surface area is 105 Å². The van der Waals surface area contributed by atoms with E-state index in [-0.39, 0.29) is 17.9 Å². The lowest BCUT2D eigenvalue weighted by Gasteiger charge is -2.05. The van der Waals surface area contributed by atoms with Crippen LogP contribution in [0, 0.1) is 5.92 Å². The number of aliphatic carboxylic acids is 1. The minimum atomic E-state index is -0.799. The van der Waals surface area contributed by atoms with Gasteiger partial charge in [0.2, 0.25) is 0 Å². The summed E-state index contributed by atoms with van der Waals surface area (Å²) in [5.74, 6) is -1.35. The van der Waals surface area contributed by atoms with Crippen LogP contribution in [-0.2, 0) is 9.59 Å². The van der Waals surface area contributed by atoms with Gasteiger partial charge < -0.3 is 15.7 Å². The maximum Gasteiger partial charge on any atom is 0.307 e. The number of nitrogens with one attached hydrogen (secondary N) is 2. The number of allylic oxidation sites excluding steroid dienone is 2. The lowest BCUT2D eigenvalue weighted by Crippen LogP contribution is -2.21. The van der Waals surface area contributed by atoms with Gasteiger partial charge in [-0.2, -0.15) is 0 Å². The molecule has 2 unspecified atom stereocenters. The van der Waals surface area contributed by atoms with Crippen LogP contribution in [0.2, 0.25) is 0 Å². The first kappa shape index (κ1) is 12.6. The zero-order valence-corrected chi connectivity index (χ0v) is 10.2. The molecule has 0 spiro atoms. The van der Waals surface area contributed by atoms with Gasteiger partial charge in [0, 0.05) is 29.4 Å². The van der Waals surface area contributed by atoms with Crippen LogP contribution in [0.3, 0.4) is 0 Å². The van der Waals surface area contributed by atoms with Crippen LogP contribution in [0.25, 0.3) is 0 Å². The summed E-state index contributed by atoms with van der Waals surface area (Å²) in [6.07, 6.45) is 4.07. The van der Waals surface area contributed by atoms with E-state index in [1.165, 1.54) is 0 Å². The predicted octanol–water partition coefficient (Wildman–Crippen LogP) is 0.565. The molecule has 0 aromatic rings. The largest absolute Gasteiger partial charge is 0.481 e. The molecule has 0 aromatic carbocycles. The molecule has 3 N–H and O–H groups in total. The number of carboxylic acid groups (broad SMARTS) is 1. The third-order valence-corrected chi connectivity index (χ3v) is 3.31. The van der Waals surface area contributed by atoms with Crippen molar-refractivity contribution in [1.29, 1.82) is 0 Å². The van der Waals surface area contributed by atoms with Gasteiger partial charge in [0.25, 0.3) is 5.91 Å². The first-order valence-electron chi connectivity index (χ1n) is 5.88. The number of hydrogen-bond donors (Lipinski definition) is 3. The second kappa shape index (κ2) is 4.78. The van der Waals surface area contributed by atoms with Crippen LogP contribution in [0.15, 0.2) is 35.6 Å².